The monoisotopic (exact) mass is 358 g/mol. The van der Waals surface area contributed by atoms with Crippen molar-refractivity contribution in [2.24, 2.45) is 5.92 Å². The van der Waals surface area contributed by atoms with E-state index in [2.05, 4.69) is 59.6 Å². The van der Waals surface area contributed by atoms with E-state index in [1.165, 1.54) is 38.8 Å². The molecule has 0 amide bonds. The summed E-state index contributed by atoms with van der Waals surface area (Å²) in [7, 11) is 2.26. The lowest BCUT2D eigenvalue weighted by Gasteiger charge is -2.34. The number of piperidine rings is 1. The summed E-state index contributed by atoms with van der Waals surface area (Å²) in [6.07, 6.45) is 8.65. The van der Waals surface area contributed by atoms with Crippen LogP contribution in [0.3, 0.4) is 0 Å². The molecule has 2 aromatic heterocycles. The van der Waals surface area contributed by atoms with E-state index < -0.39 is 0 Å². The normalized spacial score (nSPS) is 16.8. The van der Waals surface area contributed by atoms with Crippen molar-refractivity contribution in [1.29, 1.82) is 0 Å². The van der Waals surface area contributed by atoms with E-state index in [0.717, 1.165) is 35.9 Å². The predicted octanol–water partition coefficient (Wildman–Crippen LogP) is 3.53. The molecule has 0 saturated carbocycles. The van der Waals surface area contributed by atoms with E-state index in [1.54, 1.807) is 6.33 Å². The summed E-state index contributed by atoms with van der Waals surface area (Å²) in [6.45, 7) is 13.3. The van der Waals surface area contributed by atoms with E-state index in [0.29, 0.717) is 0 Å². The second-order valence-corrected chi connectivity index (χ2v) is 8.71. The second-order valence-electron chi connectivity index (χ2n) is 8.71. The number of anilines is 1. The van der Waals surface area contributed by atoms with Gasteiger partial charge < -0.3 is 9.80 Å². The van der Waals surface area contributed by atoms with Gasteiger partial charge in [0.1, 0.15) is 12.1 Å². The van der Waals surface area contributed by atoms with Gasteiger partial charge in [-0.2, -0.15) is 5.10 Å². The number of aromatic nitrogens is 4. The highest BCUT2D eigenvalue weighted by molar-refractivity contribution is 5.86. The molecular weight excluding hydrogens is 324 g/mol. The summed E-state index contributed by atoms with van der Waals surface area (Å²) in [6, 6.07) is 0. The van der Waals surface area contributed by atoms with Gasteiger partial charge in [-0.05, 0) is 59.5 Å². The molecule has 2 aromatic rings. The summed E-state index contributed by atoms with van der Waals surface area (Å²) in [5, 5.41) is 5.66. The number of nitrogens with zero attached hydrogens (tertiary/aromatic N) is 6. The molecule has 0 atom stereocenters. The molecule has 3 heterocycles. The van der Waals surface area contributed by atoms with Crippen LogP contribution in [-0.2, 0) is 5.54 Å². The molecule has 6 heteroatoms. The number of hydrogen-bond acceptors (Lipinski definition) is 5. The van der Waals surface area contributed by atoms with E-state index in [-0.39, 0.29) is 5.54 Å². The molecule has 0 bridgehead atoms. The van der Waals surface area contributed by atoms with Crippen molar-refractivity contribution >= 4 is 16.9 Å². The minimum atomic E-state index is -0.0799. The molecule has 26 heavy (non-hydrogen) atoms. The zero-order valence-electron chi connectivity index (χ0n) is 17.1. The fraction of sp³-hybridized carbons (Fsp3) is 0.750. The molecule has 1 aliphatic heterocycles. The quantitative estimate of drug-likeness (QED) is 0.791. The minimum absolute atomic E-state index is 0.0799. The molecule has 6 nitrogen and oxygen atoms in total. The third-order valence-electron chi connectivity index (χ3n) is 5.36. The second kappa shape index (κ2) is 7.91. The summed E-state index contributed by atoms with van der Waals surface area (Å²) in [4.78, 5) is 14.0. The van der Waals surface area contributed by atoms with Crippen molar-refractivity contribution in [1.82, 2.24) is 24.6 Å². The zero-order chi connectivity index (χ0) is 18.7. The topological polar surface area (TPSA) is 50.1 Å². The lowest BCUT2D eigenvalue weighted by atomic mass is 9.96. The standard InChI is InChI=1S/C20H34N6/c1-6-7-10-24(5)14-16-8-11-25(12-9-16)18-17-13-23-26(20(2,3)4)19(17)22-15-21-18/h13,15-16H,6-12,14H2,1-5H3. The summed E-state index contributed by atoms with van der Waals surface area (Å²) < 4.78 is 2.00. The van der Waals surface area contributed by atoms with Crippen molar-refractivity contribution in [3.05, 3.63) is 12.5 Å². The molecule has 1 fully saturated rings. The molecular formula is C20H34N6. The van der Waals surface area contributed by atoms with Crippen molar-refractivity contribution < 1.29 is 0 Å². The molecule has 144 valence electrons. The molecule has 1 saturated heterocycles. The Bertz CT molecular complexity index is 709. The smallest absolute Gasteiger partial charge is 0.163 e. The van der Waals surface area contributed by atoms with Crippen LogP contribution in [0.4, 0.5) is 5.82 Å². The Morgan fingerprint density at radius 2 is 1.92 bits per heavy atom. The van der Waals surface area contributed by atoms with Crippen LogP contribution in [0.5, 0.6) is 0 Å². The number of rotatable bonds is 6. The maximum atomic E-state index is 4.60. The predicted molar refractivity (Wildman–Crippen MR) is 108 cm³/mol. The van der Waals surface area contributed by atoms with Crippen LogP contribution >= 0.6 is 0 Å². The largest absolute Gasteiger partial charge is 0.356 e. The van der Waals surface area contributed by atoms with Crippen molar-refractivity contribution in [3.8, 4) is 0 Å². The van der Waals surface area contributed by atoms with Gasteiger partial charge in [0.15, 0.2) is 5.65 Å². The summed E-state index contributed by atoms with van der Waals surface area (Å²) in [5.41, 5.74) is 0.854. The fourth-order valence-corrected chi connectivity index (χ4v) is 3.86. The average molecular weight is 359 g/mol. The van der Waals surface area contributed by atoms with E-state index in [4.69, 9.17) is 0 Å². The molecule has 0 unspecified atom stereocenters. The first-order valence-corrected chi connectivity index (χ1v) is 10.0. The van der Waals surface area contributed by atoms with Gasteiger partial charge in [0.05, 0.1) is 17.1 Å². The lowest BCUT2D eigenvalue weighted by Crippen LogP contribution is -2.38. The first-order chi connectivity index (χ1) is 12.4. The Hall–Kier alpha value is -1.69. The maximum Gasteiger partial charge on any atom is 0.163 e. The Morgan fingerprint density at radius 3 is 2.58 bits per heavy atom. The molecule has 0 spiro atoms. The molecule has 1 aliphatic rings. The highest BCUT2D eigenvalue weighted by Gasteiger charge is 2.25. The first-order valence-electron chi connectivity index (χ1n) is 10.0. The van der Waals surface area contributed by atoms with Crippen LogP contribution in [-0.4, -0.2) is 57.9 Å². The Morgan fingerprint density at radius 1 is 1.19 bits per heavy atom. The van der Waals surface area contributed by atoms with Crippen LogP contribution in [0.2, 0.25) is 0 Å². The SMILES string of the molecule is CCCCN(C)CC1CCN(c2ncnc3c2cnn3C(C)(C)C)CC1. The average Bonchev–Trinajstić information content (AvgIpc) is 3.05. The maximum absolute atomic E-state index is 4.60. The van der Waals surface area contributed by atoms with Gasteiger partial charge in [-0.15, -0.1) is 0 Å². The molecule has 0 N–H and O–H groups in total. The van der Waals surface area contributed by atoms with Gasteiger partial charge in [-0.3, -0.25) is 0 Å². The number of hydrogen-bond donors (Lipinski definition) is 0. The van der Waals surface area contributed by atoms with Crippen LogP contribution in [0, 0.1) is 5.92 Å². The van der Waals surface area contributed by atoms with Gasteiger partial charge in [-0.25, -0.2) is 14.6 Å². The number of unbranched alkanes of at least 4 members (excludes halogenated alkanes) is 1. The third kappa shape index (κ3) is 4.17. The van der Waals surface area contributed by atoms with Gasteiger partial charge in [-0.1, -0.05) is 13.3 Å². The Labute approximate surface area is 157 Å². The highest BCUT2D eigenvalue weighted by Crippen LogP contribution is 2.29. The van der Waals surface area contributed by atoms with Gasteiger partial charge in [0.25, 0.3) is 0 Å². The highest BCUT2D eigenvalue weighted by atomic mass is 15.3. The van der Waals surface area contributed by atoms with E-state index >= 15 is 0 Å². The number of fused-ring (bicyclic) bond motifs is 1. The van der Waals surface area contributed by atoms with Crippen LogP contribution in [0.1, 0.15) is 53.4 Å². The van der Waals surface area contributed by atoms with Crippen molar-refractivity contribution in [2.45, 2.75) is 58.9 Å². The molecule has 0 aromatic carbocycles. The van der Waals surface area contributed by atoms with Gasteiger partial charge >= 0.3 is 0 Å². The Balaban J connectivity index is 1.67. The van der Waals surface area contributed by atoms with Crippen molar-refractivity contribution in [2.75, 3.05) is 38.1 Å². The van der Waals surface area contributed by atoms with Crippen LogP contribution < -0.4 is 4.90 Å². The van der Waals surface area contributed by atoms with Gasteiger partial charge in [0.2, 0.25) is 0 Å². The zero-order valence-corrected chi connectivity index (χ0v) is 17.1. The third-order valence-corrected chi connectivity index (χ3v) is 5.36. The van der Waals surface area contributed by atoms with Crippen LogP contribution in [0.15, 0.2) is 12.5 Å². The Kier molecular flexibility index (Phi) is 5.80. The minimum Gasteiger partial charge on any atom is -0.356 e. The fourth-order valence-electron chi connectivity index (χ4n) is 3.86. The molecule has 0 aliphatic carbocycles. The first kappa shape index (κ1) is 19.1. The van der Waals surface area contributed by atoms with E-state index in [1.807, 2.05) is 10.9 Å². The van der Waals surface area contributed by atoms with Gasteiger partial charge in [0, 0.05) is 19.6 Å². The van der Waals surface area contributed by atoms with Crippen molar-refractivity contribution in [3.63, 3.8) is 0 Å². The van der Waals surface area contributed by atoms with Crippen LogP contribution in [0.25, 0.3) is 11.0 Å². The van der Waals surface area contributed by atoms with E-state index in [9.17, 15) is 0 Å². The summed E-state index contributed by atoms with van der Waals surface area (Å²) >= 11 is 0. The lowest BCUT2D eigenvalue weighted by molar-refractivity contribution is 0.246. The summed E-state index contributed by atoms with van der Waals surface area (Å²) in [5.74, 6) is 1.84. The molecule has 3 rings (SSSR count). The molecule has 0 radical (unpaired) electrons.